The largest absolute Gasteiger partial charge is 0.397 e. The van der Waals surface area contributed by atoms with E-state index in [9.17, 15) is 0 Å². The Morgan fingerprint density at radius 1 is 1.18 bits per heavy atom. The molecule has 0 aliphatic heterocycles. The van der Waals surface area contributed by atoms with Crippen LogP contribution in [0.1, 0.15) is 45.7 Å². The Labute approximate surface area is 105 Å². The normalized spacial score (nSPS) is 11.7. The van der Waals surface area contributed by atoms with Gasteiger partial charge in [0.25, 0.3) is 0 Å². The van der Waals surface area contributed by atoms with E-state index < -0.39 is 0 Å². The summed E-state index contributed by atoms with van der Waals surface area (Å²) in [4.78, 5) is 4.31. The average Bonchev–Trinajstić information content (AvgIpc) is 2.38. The minimum Gasteiger partial charge on any atom is -0.397 e. The molecule has 17 heavy (non-hydrogen) atoms. The van der Waals surface area contributed by atoms with Gasteiger partial charge in [0.05, 0.1) is 11.9 Å². The predicted octanol–water partition coefficient (Wildman–Crippen LogP) is 2.76. The molecular weight excluding hydrogens is 210 g/mol. The highest BCUT2D eigenvalue weighted by Crippen LogP contribution is 2.18. The van der Waals surface area contributed by atoms with Gasteiger partial charge in [0.15, 0.2) is 0 Å². The van der Waals surface area contributed by atoms with Crippen molar-refractivity contribution in [1.82, 2.24) is 10.3 Å². The summed E-state index contributed by atoms with van der Waals surface area (Å²) < 4.78 is 0. The van der Waals surface area contributed by atoms with Crippen molar-refractivity contribution in [2.75, 3.05) is 12.3 Å². The third-order valence-corrected chi connectivity index (χ3v) is 3.76. The Morgan fingerprint density at radius 3 is 2.29 bits per heavy atom. The van der Waals surface area contributed by atoms with Crippen LogP contribution in [0.5, 0.6) is 0 Å². The standard InChI is InChI=1S/C14H25N3/c1-4-14(5-2,6-3)17-10-9-13-8-7-12(15)11-16-13/h7-8,11,17H,4-6,9-10,15H2,1-3H3. The van der Waals surface area contributed by atoms with Gasteiger partial charge in [0.2, 0.25) is 0 Å². The number of nitrogens with one attached hydrogen (secondary N) is 1. The fourth-order valence-corrected chi connectivity index (χ4v) is 2.16. The van der Waals surface area contributed by atoms with Gasteiger partial charge in [0.1, 0.15) is 0 Å². The zero-order valence-electron chi connectivity index (χ0n) is 11.3. The summed E-state index contributed by atoms with van der Waals surface area (Å²) in [5.41, 5.74) is 7.74. The minimum atomic E-state index is 0.299. The van der Waals surface area contributed by atoms with E-state index in [4.69, 9.17) is 5.73 Å². The van der Waals surface area contributed by atoms with E-state index in [-0.39, 0.29) is 0 Å². The summed E-state index contributed by atoms with van der Waals surface area (Å²) in [7, 11) is 0. The second-order valence-electron chi connectivity index (χ2n) is 4.60. The van der Waals surface area contributed by atoms with Crippen molar-refractivity contribution in [2.24, 2.45) is 0 Å². The first-order valence-corrected chi connectivity index (χ1v) is 6.61. The highest BCUT2D eigenvalue weighted by molar-refractivity contribution is 5.34. The van der Waals surface area contributed by atoms with Gasteiger partial charge < -0.3 is 11.1 Å². The number of nitrogens with zero attached hydrogens (tertiary/aromatic N) is 1. The molecule has 0 saturated carbocycles. The van der Waals surface area contributed by atoms with E-state index in [0.29, 0.717) is 5.54 Å². The maximum atomic E-state index is 5.61. The molecule has 1 heterocycles. The SMILES string of the molecule is CCC(CC)(CC)NCCc1ccc(N)cn1. The monoisotopic (exact) mass is 235 g/mol. The molecule has 0 spiro atoms. The number of hydrogen-bond donors (Lipinski definition) is 2. The number of pyridine rings is 1. The summed E-state index contributed by atoms with van der Waals surface area (Å²) in [6.45, 7) is 7.73. The zero-order chi connectivity index (χ0) is 12.7. The van der Waals surface area contributed by atoms with Crippen molar-refractivity contribution < 1.29 is 0 Å². The highest BCUT2D eigenvalue weighted by Gasteiger charge is 2.22. The predicted molar refractivity (Wildman–Crippen MR) is 74.0 cm³/mol. The third-order valence-electron chi connectivity index (χ3n) is 3.76. The van der Waals surface area contributed by atoms with Gasteiger partial charge in [-0.25, -0.2) is 0 Å². The molecule has 3 nitrogen and oxygen atoms in total. The van der Waals surface area contributed by atoms with Crippen molar-refractivity contribution in [3.8, 4) is 0 Å². The lowest BCUT2D eigenvalue weighted by Crippen LogP contribution is -2.44. The summed E-state index contributed by atoms with van der Waals surface area (Å²) in [6, 6.07) is 3.91. The first-order valence-electron chi connectivity index (χ1n) is 6.61. The summed E-state index contributed by atoms with van der Waals surface area (Å²) in [5.74, 6) is 0. The van der Waals surface area contributed by atoms with Crippen molar-refractivity contribution in [3.05, 3.63) is 24.0 Å². The lowest BCUT2D eigenvalue weighted by Gasteiger charge is -2.32. The van der Waals surface area contributed by atoms with E-state index in [0.717, 1.165) is 24.3 Å². The number of nitrogens with two attached hydrogens (primary N) is 1. The third kappa shape index (κ3) is 4.00. The van der Waals surface area contributed by atoms with Crippen LogP contribution in [0.25, 0.3) is 0 Å². The zero-order valence-corrected chi connectivity index (χ0v) is 11.3. The van der Waals surface area contributed by atoms with E-state index in [1.165, 1.54) is 19.3 Å². The molecular formula is C14H25N3. The average molecular weight is 235 g/mol. The van der Waals surface area contributed by atoms with Crippen LogP contribution in [0.4, 0.5) is 5.69 Å². The second-order valence-corrected chi connectivity index (χ2v) is 4.60. The molecule has 3 N–H and O–H groups in total. The number of anilines is 1. The Bertz CT molecular complexity index is 306. The molecule has 1 aromatic heterocycles. The van der Waals surface area contributed by atoms with Gasteiger partial charge in [0, 0.05) is 24.2 Å². The van der Waals surface area contributed by atoms with Gasteiger partial charge in [-0.15, -0.1) is 0 Å². The fourth-order valence-electron chi connectivity index (χ4n) is 2.16. The Kier molecular flexibility index (Phi) is 5.42. The van der Waals surface area contributed by atoms with E-state index in [1.54, 1.807) is 6.20 Å². The molecule has 0 fully saturated rings. The maximum absolute atomic E-state index is 5.61. The van der Waals surface area contributed by atoms with Crippen LogP contribution in [-0.4, -0.2) is 17.1 Å². The Hall–Kier alpha value is -1.09. The Balaban J connectivity index is 2.43. The lowest BCUT2D eigenvalue weighted by atomic mass is 9.90. The summed E-state index contributed by atoms with van der Waals surface area (Å²) in [6.07, 6.45) is 6.21. The first kappa shape index (κ1) is 14.0. The van der Waals surface area contributed by atoms with E-state index >= 15 is 0 Å². The van der Waals surface area contributed by atoms with Crippen LogP contribution >= 0.6 is 0 Å². The molecule has 1 rings (SSSR count). The molecule has 0 bridgehead atoms. The molecule has 96 valence electrons. The first-order chi connectivity index (χ1) is 8.15. The minimum absolute atomic E-state index is 0.299. The molecule has 0 atom stereocenters. The van der Waals surface area contributed by atoms with Gasteiger partial charge in [-0.2, -0.15) is 0 Å². The topological polar surface area (TPSA) is 50.9 Å². The fraction of sp³-hybridized carbons (Fsp3) is 0.643. The van der Waals surface area contributed by atoms with Crippen molar-refractivity contribution in [2.45, 2.75) is 52.0 Å². The molecule has 0 saturated heterocycles. The highest BCUT2D eigenvalue weighted by atomic mass is 15.0. The lowest BCUT2D eigenvalue weighted by molar-refractivity contribution is 0.292. The number of hydrogen-bond acceptors (Lipinski definition) is 3. The number of aromatic nitrogens is 1. The van der Waals surface area contributed by atoms with Gasteiger partial charge in [-0.3, -0.25) is 4.98 Å². The van der Waals surface area contributed by atoms with Crippen LogP contribution in [0, 0.1) is 0 Å². The molecule has 0 radical (unpaired) electrons. The van der Waals surface area contributed by atoms with Gasteiger partial charge in [-0.1, -0.05) is 20.8 Å². The van der Waals surface area contributed by atoms with Crippen molar-refractivity contribution in [3.63, 3.8) is 0 Å². The molecule has 0 unspecified atom stereocenters. The summed E-state index contributed by atoms with van der Waals surface area (Å²) in [5, 5.41) is 3.67. The van der Waals surface area contributed by atoms with Gasteiger partial charge in [-0.05, 0) is 31.4 Å². The van der Waals surface area contributed by atoms with E-state index in [1.807, 2.05) is 12.1 Å². The molecule has 0 aliphatic rings. The van der Waals surface area contributed by atoms with Crippen LogP contribution < -0.4 is 11.1 Å². The quantitative estimate of drug-likeness (QED) is 0.764. The molecule has 0 aromatic carbocycles. The van der Waals surface area contributed by atoms with Crippen molar-refractivity contribution >= 4 is 5.69 Å². The maximum Gasteiger partial charge on any atom is 0.0501 e. The molecule has 1 aromatic rings. The molecule has 0 aliphatic carbocycles. The van der Waals surface area contributed by atoms with Crippen LogP contribution in [0.15, 0.2) is 18.3 Å². The Morgan fingerprint density at radius 2 is 1.82 bits per heavy atom. The number of rotatable bonds is 7. The summed E-state index contributed by atoms with van der Waals surface area (Å²) >= 11 is 0. The molecule has 0 amide bonds. The van der Waals surface area contributed by atoms with Crippen LogP contribution in [-0.2, 0) is 6.42 Å². The smallest absolute Gasteiger partial charge is 0.0501 e. The molecule has 3 heteroatoms. The van der Waals surface area contributed by atoms with Crippen LogP contribution in [0.3, 0.4) is 0 Å². The van der Waals surface area contributed by atoms with E-state index in [2.05, 4.69) is 31.1 Å². The van der Waals surface area contributed by atoms with Gasteiger partial charge >= 0.3 is 0 Å². The van der Waals surface area contributed by atoms with Crippen molar-refractivity contribution in [1.29, 1.82) is 0 Å². The number of nitrogen functional groups attached to an aromatic ring is 1. The second kappa shape index (κ2) is 6.60. The van der Waals surface area contributed by atoms with Crippen LogP contribution in [0.2, 0.25) is 0 Å².